The number of alkyl halides is 3. The molecule has 10 nitrogen and oxygen atoms in total. The van der Waals surface area contributed by atoms with Crippen molar-refractivity contribution in [1.29, 1.82) is 0 Å². The minimum absolute atomic E-state index is 0.0731. The van der Waals surface area contributed by atoms with Crippen molar-refractivity contribution in [2.45, 2.75) is 57.2 Å². The van der Waals surface area contributed by atoms with Crippen molar-refractivity contribution in [1.82, 2.24) is 19.8 Å². The Labute approximate surface area is 215 Å². The Morgan fingerprint density at radius 3 is 2.32 bits per heavy atom. The number of likely N-dealkylation sites (tertiary alicyclic amines) is 1. The molecule has 1 atom stereocenters. The molecular weight excluding hydrogens is 519 g/mol. The van der Waals surface area contributed by atoms with E-state index >= 15 is 0 Å². The standard InChI is InChI=1S/C21H26ClN5O3.C2HF3O2/c1-14(2)24-20(29)26-10-7-21(8-11-26)19-23-9-12-27(19)13-17(30-21)18(28)25-16-5-3-15(22)4-6-16;3-2(4,5)1(6)7/h3-6,9,12,14,17H,7-8,10-11,13H2,1-2H3,(H,24,29)(H,25,28);(H,6,7). The van der Waals surface area contributed by atoms with Crippen LogP contribution in [0.15, 0.2) is 36.7 Å². The molecule has 0 radical (unpaired) electrons. The number of imidazole rings is 1. The van der Waals surface area contributed by atoms with E-state index in [0.717, 1.165) is 5.82 Å². The lowest BCUT2D eigenvalue weighted by molar-refractivity contribution is -0.192. The van der Waals surface area contributed by atoms with Gasteiger partial charge in [0.05, 0.1) is 6.54 Å². The normalized spacial score (nSPS) is 18.5. The predicted octanol–water partition coefficient (Wildman–Crippen LogP) is 3.62. The van der Waals surface area contributed by atoms with Crippen molar-refractivity contribution in [3.8, 4) is 0 Å². The smallest absolute Gasteiger partial charge is 0.475 e. The Morgan fingerprint density at radius 2 is 1.78 bits per heavy atom. The Balaban J connectivity index is 0.000000479. The van der Waals surface area contributed by atoms with Gasteiger partial charge in [0, 0.05) is 55.1 Å². The van der Waals surface area contributed by atoms with Gasteiger partial charge in [0.15, 0.2) is 6.10 Å². The van der Waals surface area contributed by atoms with E-state index in [1.165, 1.54) is 0 Å². The van der Waals surface area contributed by atoms with Gasteiger partial charge in [0.25, 0.3) is 5.91 Å². The number of piperidine rings is 1. The molecule has 202 valence electrons. The second-order valence-electron chi connectivity index (χ2n) is 8.89. The third kappa shape index (κ3) is 7.13. The van der Waals surface area contributed by atoms with Gasteiger partial charge in [0.1, 0.15) is 11.4 Å². The zero-order valence-corrected chi connectivity index (χ0v) is 20.8. The summed E-state index contributed by atoms with van der Waals surface area (Å²) in [5.74, 6) is -2.15. The van der Waals surface area contributed by atoms with Crippen molar-refractivity contribution in [2.75, 3.05) is 18.4 Å². The fourth-order valence-corrected chi connectivity index (χ4v) is 4.17. The number of aromatic nitrogens is 2. The maximum absolute atomic E-state index is 12.9. The number of aliphatic carboxylic acids is 1. The van der Waals surface area contributed by atoms with Crippen LogP contribution in [-0.2, 0) is 26.5 Å². The van der Waals surface area contributed by atoms with E-state index in [-0.39, 0.29) is 18.0 Å². The summed E-state index contributed by atoms with van der Waals surface area (Å²) in [6.45, 7) is 5.35. The van der Waals surface area contributed by atoms with Crippen LogP contribution < -0.4 is 10.6 Å². The highest BCUT2D eigenvalue weighted by molar-refractivity contribution is 6.30. The number of carbonyl (C=O) groups excluding carboxylic acids is 2. The van der Waals surface area contributed by atoms with E-state index in [0.29, 0.717) is 43.2 Å². The third-order valence-electron chi connectivity index (χ3n) is 5.77. The fraction of sp³-hybridized carbons (Fsp3) is 0.478. The van der Waals surface area contributed by atoms with Gasteiger partial charge >= 0.3 is 18.2 Å². The van der Waals surface area contributed by atoms with Gasteiger partial charge < -0.3 is 29.9 Å². The van der Waals surface area contributed by atoms with Crippen LogP contribution in [0.4, 0.5) is 23.7 Å². The first-order valence-corrected chi connectivity index (χ1v) is 11.8. The number of anilines is 1. The van der Waals surface area contributed by atoms with E-state index in [1.54, 1.807) is 35.4 Å². The summed E-state index contributed by atoms with van der Waals surface area (Å²) in [7, 11) is 0. The molecule has 1 fully saturated rings. The molecule has 3 amide bonds. The molecule has 3 N–H and O–H groups in total. The first-order chi connectivity index (χ1) is 17.3. The van der Waals surface area contributed by atoms with E-state index in [2.05, 4.69) is 15.6 Å². The molecule has 4 rings (SSSR count). The molecule has 1 saturated heterocycles. The molecule has 1 unspecified atom stereocenters. The second-order valence-corrected chi connectivity index (χ2v) is 9.33. The summed E-state index contributed by atoms with van der Waals surface area (Å²) in [6.07, 6.45) is -0.961. The van der Waals surface area contributed by atoms with Crippen molar-refractivity contribution in [2.24, 2.45) is 0 Å². The summed E-state index contributed by atoms with van der Waals surface area (Å²) in [4.78, 5) is 40.5. The second kappa shape index (κ2) is 11.4. The van der Waals surface area contributed by atoms with Crippen LogP contribution in [-0.4, -0.2) is 68.9 Å². The number of urea groups is 1. The summed E-state index contributed by atoms with van der Waals surface area (Å²) in [6, 6.07) is 6.98. The lowest BCUT2D eigenvalue weighted by Crippen LogP contribution is -2.55. The number of amides is 3. The third-order valence-corrected chi connectivity index (χ3v) is 6.02. The quantitative estimate of drug-likeness (QED) is 0.541. The number of carboxylic acids is 1. The minimum atomic E-state index is -5.08. The van der Waals surface area contributed by atoms with Crippen molar-refractivity contribution >= 4 is 35.2 Å². The predicted molar refractivity (Wildman–Crippen MR) is 127 cm³/mol. The van der Waals surface area contributed by atoms with Gasteiger partial charge in [-0.15, -0.1) is 0 Å². The summed E-state index contributed by atoms with van der Waals surface area (Å²) in [5.41, 5.74) is -0.0168. The number of halogens is 4. The minimum Gasteiger partial charge on any atom is -0.475 e. The average molecular weight is 546 g/mol. The van der Waals surface area contributed by atoms with Gasteiger partial charge in [0.2, 0.25) is 0 Å². The lowest BCUT2D eigenvalue weighted by atomic mass is 9.88. The fourth-order valence-electron chi connectivity index (χ4n) is 4.04. The van der Waals surface area contributed by atoms with E-state index < -0.39 is 23.9 Å². The molecule has 2 aromatic rings. The topological polar surface area (TPSA) is 126 Å². The molecule has 1 aromatic heterocycles. The van der Waals surface area contributed by atoms with Gasteiger partial charge in [-0.2, -0.15) is 13.2 Å². The number of rotatable bonds is 3. The van der Waals surface area contributed by atoms with Gasteiger partial charge in [-0.25, -0.2) is 14.6 Å². The molecule has 0 bridgehead atoms. The maximum Gasteiger partial charge on any atom is 0.490 e. The highest BCUT2D eigenvalue weighted by Crippen LogP contribution is 2.40. The summed E-state index contributed by atoms with van der Waals surface area (Å²) >= 11 is 5.92. The van der Waals surface area contributed by atoms with Crippen LogP contribution in [0.5, 0.6) is 0 Å². The van der Waals surface area contributed by atoms with Crippen LogP contribution in [0.2, 0.25) is 5.02 Å². The SMILES string of the molecule is CC(C)NC(=O)N1CCC2(CC1)OC(C(=O)Nc1ccc(Cl)cc1)Cn1ccnc12.O=C(O)C(F)(F)F. The Bertz CT molecular complexity index is 1110. The number of carboxylic acid groups (broad SMARTS) is 1. The largest absolute Gasteiger partial charge is 0.490 e. The Kier molecular flexibility index (Phi) is 8.69. The summed E-state index contributed by atoms with van der Waals surface area (Å²) < 4.78 is 40.1. The number of benzene rings is 1. The van der Waals surface area contributed by atoms with Crippen molar-refractivity contribution in [3.05, 3.63) is 47.5 Å². The molecule has 14 heteroatoms. The highest BCUT2D eigenvalue weighted by Gasteiger charge is 2.47. The van der Waals surface area contributed by atoms with Crippen LogP contribution in [0.25, 0.3) is 0 Å². The number of nitrogens with one attached hydrogen (secondary N) is 2. The lowest BCUT2D eigenvalue weighted by Gasteiger charge is -2.45. The molecule has 0 aliphatic carbocycles. The van der Waals surface area contributed by atoms with Crippen LogP contribution in [0.1, 0.15) is 32.5 Å². The monoisotopic (exact) mass is 545 g/mol. The molecule has 37 heavy (non-hydrogen) atoms. The van der Waals surface area contributed by atoms with Crippen LogP contribution in [0.3, 0.4) is 0 Å². The van der Waals surface area contributed by atoms with Gasteiger partial charge in [-0.1, -0.05) is 11.6 Å². The highest BCUT2D eigenvalue weighted by atomic mass is 35.5. The Hall–Kier alpha value is -3.32. The molecular formula is C23H27ClF3N5O5. The zero-order valence-electron chi connectivity index (χ0n) is 20.1. The van der Waals surface area contributed by atoms with Crippen molar-refractivity contribution < 1.29 is 37.4 Å². The van der Waals surface area contributed by atoms with Gasteiger partial charge in [-0.05, 0) is 38.1 Å². The number of ether oxygens (including phenoxy) is 1. The first-order valence-electron chi connectivity index (χ1n) is 11.4. The number of carbonyl (C=O) groups is 3. The number of fused-ring (bicyclic) bond motifs is 2. The molecule has 1 aromatic carbocycles. The molecule has 1 spiro atoms. The van der Waals surface area contributed by atoms with Crippen molar-refractivity contribution in [3.63, 3.8) is 0 Å². The van der Waals surface area contributed by atoms with Gasteiger partial charge in [-0.3, -0.25) is 4.79 Å². The maximum atomic E-state index is 12.9. The molecule has 0 saturated carbocycles. The van der Waals surface area contributed by atoms with Crippen LogP contribution >= 0.6 is 11.6 Å². The molecule has 3 heterocycles. The van der Waals surface area contributed by atoms with E-state index in [1.807, 2.05) is 24.6 Å². The van der Waals surface area contributed by atoms with E-state index in [4.69, 9.17) is 26.2 Å². The molecule has 2 aliphatic rings. The Morgan fingerprint density at radius 1 is 1.19 bits per heavy atom. The van der Waals surface area contributed by atoms with E-state index in [9.17, 15) is 22.8 Å². The summed E-state index contributed by atoms with van der Waals surface area (Å²) in [5, 5.41) is 13.6. The number of hydrogen-bond acceptors (Lipinski definition) is 5. The first kappa shape index (κ1) is 28.3. The number of nitrogens with zero attached hydrogens (tertiary/aromatic N) is 3. The number of hydrogen-bond donors (Lipinski definition) is 3. The average Bonchev–Trinajstić information content (AvgIpc) is 3.30. The van der Waals surface area contributed by atoms with Crippen LogP contribution in [0, 0.1) is 0 Å². The zero-order chi connectivity index (χ0) is 27.4. The molecule has 2 aliphatic heterocycles.